The van der Waals surface area contributed by atoms with Gasteiger partial charge in [-0.05, 0) is 37.5 Å². The molecule has 20 heavy (non-hydrogen) atoms. The highest BCUT2D eigenvalue weighted by Gasteiger charge is 2.35. The molecule has 0 spiro atoms. The van der Waals surface area contributed by atoms with Crippen LogP contribution in [0.15, 0.2) is 18.2 Å². The second kappa shape index (κ2) is 6.22. The molecule has 0 radical (unpaired) electrons. The molecule has 1 saturated carbocycles. The highest BCUT2D eigenvalue weighted by Crippen LogP contribution is 2.29. The highest BCUT2D eigenvalue weighted by molar-refractivity contribution is 7.91. The molecule has 1 aromatic carbocycles. The molecule has 0 saturated heterocycles. The van der Waals surface area contributed by atoms with Gasteiger partial charge in [-0.15, -0.1) is 0 Å². The van der Waals surface area contributed by atoms with Crippen molar-refractivity contribution < 1.29 is 8.42 Å². The third-order valence-corrected chi connectivity index (χ3v) is 6.31. The Labute approximate surface area is 130 Å². The summed E-state index contributed by atoms with van der Waals surface area (Å²) in [5.74, 6) is 0. The topological polar surface area (TPSA) is 46.2 Å². The van der Waals surface area contributed by atoms with Crippen molar-refractivity contribution >= 4 is 33.0 Å². The predicted molar refractivity (Wildman–Crippen MR) is 84.3 cm³/mol. The normalized spacial score (nSPS) is 24.8. The smallest absolute Gasteiger partial charge is 0.151 e. The molecule has 0 aromatic heterocycles. The summed E-state index contributed by atoms with van der Waals surface area (Å²) < 4.78 is 23.6. The van der Waals surface area contributed by atoms with Crippen LogP contribution < -0.4 is 5.32 Å². The van der Waals surface area contributed by atoms with Gasteiger partial charge in [0.2, 0.25) is 0 Å². The van der Waals surface area contributed by atoms with E-state index in [1.807, 2.05) is 19.1 Å². The minimum atomic E-state index is -3.00. The number of rotatable bonds is 4. The van der Waals surface area contributed by atoms with Gasteiger partial charge in [0.25, 0.3) is 0 Å². The Kier molecular flexibility index (Phi) is 5.00. The van der Waals surface area contributed by atoms with Crippen LogP contribution in [-0.2, 0) is 9.84 Å². The minimum Gasteiger partial charge on any atom is -0.306 e. The molecule has 1 aliphatic carbocycles. The molecule has 112 valence electrons. The van der Waals surface area contributed by atoms with E-state index in [1.165, 1.54) is 6.26 Å². The lowest BCUT2D eigenvalue weighted by Crippen LogP contribution is -2.41. The summed E-state index contributed by atoms with van der Waals surface area (Å²) in [4.78, 5) is 0. The van der Waals surface area contributed by atoms with Crippen molar-refractivity contribution in [3.05, 3.63) is 33.8 Å². The van der Waals surface area contributed by atoms with Gasteiger partial charge in [0.1, 0.15) is 0 Å². The monoisotopic (exact) mass is 335 g/mol. The number of hydrogen-bond acceptors (Lipinski definition) is 3. The maximum Gasteiger partial charge on any atom is 0.151 e. The average Bonchev–Trinajstić information content (AvgIpc) is 2.80. The largest absolute Gasteiger partial charge is 0.306 e. The maximum atomic E-state index is 11.8. The molecule has 3 atom stereocenters. The Morgan fingerprint density at radius 2 is 1.95 bits per heavy atom. The van der Waals surface area contributed by atoms with Crippen LogP contribution in [0.4, 0.5) is 0 Å². The van der Waals surface area contributed by atoms with E-state index < -0.39 is 9.84 Å². The van der Waals surface area contributed by atoms with Crippen molar-refractivity contribution in [1.29, 1.82) is 0 Å². The first-order chi connectivity index (χ1) is 9.29. The van der Waals surface area contributed by atoms with Gasteiger partial charge in [-0.1, -0.05) is 35.7 Å². The molecular formula is C14H19Cl2NO2S. The number of hydrogen-bond donors (Lipinski definition) is 1. The first-order valence-corrected chi connectivity index (χ1v) is 9.40. The molecule has 1 fully saturated rings. The van der Waals surface area contributed by atoms with Crippen LogP contribution in [0.3, 0.4) is 0 Å². The van der Waals surface area contributed by atoms with Crippen LogP contribution in [0.25, 0.3) is 0 Å². The van der Waals surface area contributed by atoms with Crippen LogP contribution in [0.5, 0.6) is 0 Å². The average molecular weight is 336 g/mol. The summed E-state index contributed by atoms with van der Waals surface area (Å²) in [6, 6.07) is 5.55. The summed E-state index contributed by atoms with van der Waals surface area (Å²) in [6.07, 6.45) is 3.90. The van der Waals surface area contributed by atoms with Crippen molar-refractivity contribution in [3.8, 4) is 0 Å². The van der Waals surface area contributed by atoms with E-state index in [2.05, 4.69) is 5.32 Å². The molecule has 3 unspecified atom stereocenters. The zero-order chi connectivity index (χ0) is 14.9. The predicted octanol–water partition coefficient (Wildman–Crippen LogP) is 3.61. The van der Waals surface area contributed by atoms with E-state index >= 15 is 0 Å². The summed E-state index contributed by atoms with van der Waals surface area (Å²) >= 11 is 11.9. The minimum absolute atomic E-state index is 0.00875. The number of sulfone groups is 1. The third-order valence-electron chi connectivity index (χ3n) is 3.91. The standard InChI is InChI=1S/C14H19Cl2NO2S/c1-9(10-6-7-11(15)12(16)8-10)17-13-4-3-5-14(13)20(2,18)19/h6-9,13-14,17H,3-5H2,1-2H3. The van der Waals surface area contributed by atoms with Crippen molar-refractivity contribution in [2.24, 2.45) is 0 Å². The first-order valence-electron chi connectivity index (χ1n) is 6.69. The Hall–Kier alpha value is -0.290. The molecule has 0 heterocycles. The lowest BCUT2D eigenvalue weighted by molar-refractivity contribution is 0.456. The van der Waals surface area contributed by atoms with E-state index in [4.69, 9.17) is 23.2 Å². The van der Waals surface area contributed by atoms with E-state index in [-0.39, 0.29) is 17.3 Å². The Morgan fingerprint density at radius 1 is 1.25 bits per heavy atom. The molecule has 0 bridgehead atoms. The molecule has 3 nitrogen and oxygen atoms in total. The molecule has 2 rings (SSSR count). The second-order valence-corrected chi connectivity index (χ2v) is 8.55. The molecule has 0 amide bonds. The summed E-state index contributed by atoms with van der Waals surface area (Å²) in [5, 5.41) is 4.18. The number of nitrogens with one attached hydrogen (secondary N) is 1. The van der Waals surface area contributed by atoms with Crippen LogP contribution in [0.2, 0.25) is 10.0 Å². The molecular weight excluding hydrogens is 317 g/mol. The lowest BCUT2D eigenvalue weighted by Gasteiger charge is -2.24. The van der Waals surface area contributed by atoms with Crippen molar-refractivity contribution in [1.82, 2.24) is 5.32 Å². The van der Waals surface area contributed by atoms with E-state index in [0.717, 1.165) is 24.8 Å². The lowest BCUT2D eigenvalue weighted by atomic mass is 10.1. The van der Waals surface area contributed by atoms with E-state index in [9.17, 15) is 8.42 Å². The third kappa shape index (κ3) is 3.67. The van der Waals surface area contributed by atoms with Gasteiger partial charge in [0, 0.05) is 18.3 Å². The Morgan fingerprint density at radius 3 is 2.55 bits per heavy atom. The number of benzene rings is 1. The maximum absolute atomic E-state index is 11.8. The van der Waals surface area contributed by atoms with Gasteiger partial charge in [-0.2, -0.15) is 0 Å². The number of halogens is 2. The molecule has 1 aliphatic rings. The van der Waals surface area contributed by atoms with Gasteiger partial charge in [-0.3, -0.25) is 0 Å². The van der Waals surface area contributed by atoms with E-state index in [1.54, 1.807) is 6.07 Å². The van der Waals surface area contributed by atoms with Gasteiger partial charge >= 0.3 is 0 Å². The Bertz CT molecular complexity index is 589. The van der Waals surface area contributed by atoms with Gasteiger partial charge in [0.15, 0.2) is 9.84 Å². The van der Waals surface area contributed by atoms with Crippen molar-refractivity contribution in [2.45, 2.75) is 43.5 Å². The van der Waals surface area contributed by atoms with Gasteiger partial charge in [0.05, 0.1) is 15.3 Å². The van der Waals surface area contributed by atoms with Gasteiger partial charge in [-0.25, -0.2) is 8.42 Å². The fourth-order valence-electron chi connectivity index (χ4n) is 2.83. The highest BCUT2D eigenvalue weighted by atomic mass is 35.5. The molecule has 1 aromatic rings. The quantitative estimate of drug-likeness (QED) is 0.914. The zero-order valence-electron chi connectivity index (χ0n) is 11.6. The molecule has 1 N–H and O–H groups in total. The van der Waals surface area contributed by atoms with E-state index in [0.29, 0.717) is 10.0 Å². The Balaban J connectivity index is 2.11. The fourth-order valence-corrected chi connectivity index (χ4v) is 4.54. The van der Waals surface area contributed by atoms with Crippen LogP contribution in [0, 0.1) is 0 Å². The molecule has 0 aliphatic heterocycles. The summed E-state index contributed by atoms with van der Waals surface area (Å²) in [6.45, 7) is 2.01. The SMILES string of the molecule is CC(NC1CCCC1S(C)(=O)=O)c1ccc(Cl)c(Cl)c1. The van der Waals surface area contributed by atoms with Gasteiger partial charge < -0.3 is 5.32 Å². The second-order valence-electron chi connectivity index (χ2n) is 5.47. The van der Waals surface area contributed by atoms with Crippen LogP contribution in [-0.4, -0.2) is 26.0 Å². The van der Waals surface area contributed by atoms with Crippen LogP contribution in [0.1, 0.15) is 37.8 Å². The fraction of sp³-hybridized carbons (Fsp3) is 0.571. The summed E-state index contributed by atoms with van der Waals surface area (Å²) in [5.41, 5.74) is 1.01. The van der Waals surface area contributed by atoms with Crippen LogP contribution >= 0.6 is 23.2 Å². The first kappa shape index (κ1) is 16.1. The molecule has 6 heteroatoms. The summed E-state index contributed by atoms with van der Waals surface area (Å²) in [7, 11) is -3.00. The zero-order valence-corrected chi connectivity index (χ0v) is 13.9. The van der Waals surface area contributed by atoms with Crippen molar-refractivity contribution in [2.75, 3.05) is 6.26 Å². The van der Waals surface area contributed by atoms with Crippen molar-refractivity contribution in [3.63, 3.8) is 0 Å².